The fraction of sp³-hybridized carbons (Fsp3) is 0.375. The lowest BCUT2D eigenvalue weighted by Crippen LogP contribution is -2.50. The smallest absolute Gasteiger partial charge is 0.410 e. The van der Waals surface area contributed by atoms with Crippen LogP contribution in [0.25, 0.3) is 10.9 Å². The summed E-state index contributed by atoms with van der Waals surface area (Å²) in [5.74, 6) is -0.0591. The molecule has 0 N–H and O–H groups in total. The highest BCUT2D eigenvalue weighted by atomic mass is 32.2. The topological polar surface area (TPSA) is 71.8 Å². The van der Waals surface area contributed by atoms with Crippen molar-refractivity contribution in [3.8, 4) is 0 Å². The summed E-state index contributed by atoms with van der Waals surface area (Å²) in [6.45, 7) is 7.99. The van der Waals surface area contributed by atoms with Gasteiger partial charge in [0.15, 0.2) is 0 Å². The molecule has 1 aromatic heterocycles. The van der Waals surface area contributed by atoms with Crippen LogP contribution in [-0.2, 0) is 20.5 Å². The van der Waals surface area contributed by atoms with E-state index in [-0.39, 0.29) is 11.8 Å². The van der Waals surface area contributed by atoms with Crippen molar-refractivity contribution >= 4 is 32.7 Å². The normalized spacial score (nSPS) is 15.2. The molecule has 0 saturated carbocycles. The van der Waals surface area contributed by atoms with Crippen molar-refractivity contribution in [2.45, 2.75) is 32.1 Å². The molecular weight excluding hydrogens is 426 g/mol. The van der Waals surface area contributed by atoms with Gasteiger partial charge < -0.3 is 14.5 Å². The summed E-state index contributed by atoms with van der Waals surface area (Å²) in [7, 11) is -3.55. The molecule has 0 bridgehead atoms. The van der Waals surface area contributed by atoms with Crippen LogP contribution in [0, 0.1) is 0 Å². The third-order valence-electron chi connectivity index (χ3n) is 5.44. The quantitative estimate of drug-likeness (QED) is 0.593. The molecule has 7 nitrogen and oxygen atoms in total. The number of amides is 1. The number of ether oxygens (including phenoxy) is 1. The molecule has 0 atom stereocenters. The molecule has 0 radical (unpaired) electrons. The molecule has 0 unspecified atom stereocenters. The van der Waals surface area contributed by atoms with Crippen LogP contribution in [0.15, 0.2) is 60.8 Å². The van der Waals surface area contributed by atoms with E-state index >= 15 is 0 Å². The molecule has 0 spiro atoms. The van der Waals surface area contributed by atoms with Crippen LogP contribution in [0.2, 0.25) is 0 Å². The van der Waals surface area contributed by atoms with Gasteiger partial charge in [0.1, 0.15) is 5.60 Å². The first-order chi connectivity index (χ1) is 15.1. The molecule has 3 aromatic rings. The standard InChI is InChI=1S/C24H29N3O4S/c1-24(2,3)31-23(28)26-16-14-25(15-17-26)21-10-7-11-22-20(21)12-13-27(22)32(29,30)18-19-8-5-4-6-9-19/h4-13H,14-18H2,1-3H3. The van der Waals surface area contributed by atoms with E-state index in [1.807, 2.05) is 75.4 Å². The predicted molar refractivity (Wildman–Crippen MR) is 126 cm³/mol. The number of nitrogens with zero attached hydrogens (tertiary/aromatic N) is 3. The molecule has 2 heterocycles. The van der Waals surface area contributed by atoms with E-state index in [0.717, 1.165) is 16.6 Å². The Morgan fingerprint density at radius 2 is 1.62 bits per heavy atom. The number of anilines is 1. The Kier molecular flexibility index (Phi) is 5.90. The van der Waals surface area contributed by atoms with Crippen LogP contribution in [0.3, 0.4) is 0 Å². The predicted octanol–water partition coefficient (Wildman–Crippen LogP) is 4.08. The number of benzene rings is 2. The molecular formula is C24H29N3O4S. The molecule has 170 valence electrons. The maximum Gasteiger partial charge on any atom is 0.410 e. The number of hydrogen-bond acceptors (Lipinski definition) is 5. The van der Waals surface area contributed by atoms with Crippen LogP contribution in [-0.4, -0.2) is 55.2 Å². The summed E-state index contributed by atoms with van der Waals surface area (Å²) >= 11 is 0. The molecule has 1 aliphatic heterocycles. The lowest BCUT2D eigenvalue weighted by Gasteiger charge is -2.37. The molecule has 1 amide bonds. The van der Waals surface area contributed by atoms with Crippen LogP contribution < -0.4 is 4.90 Å². The first-order valence-electron chi connectivity index (χ1n) is 10.7. The fourth-order valence-electron chi connectivity index (χ4n) is 3.96. The van der Waals surface area contributed by atoms with Gasteiger partial charge in [-0.15, -0.1) is 0 Å². The van der Waals surface area contributed by atoms with Gasteiger partial charge >= 0.3 is 6.09 Å². The average molecular weight is 456 g/mol. The molecule has 1 saturated heterocycles. The van der Waals surface area contributed by atoms with Crippen molar-refractivity contribution in [3.63, 3.8) is 0 Å². The molecule has 4 rings (SSSR count). The zero-order valence-electron chi connectivity index (χ0n) is 18.7. The number of hydrogen-bond donors (Lipinski definition) is 0. The monoisotopic (exact) mass is 455 g/mol. The zero-order chi connectivity index (χ0) is 22.9. The number of rotatable bonds is 4. The molecule has 2 aromatic carbocycles. The third-order valence-corrected chi connectivity index (χ3v) is 7.05. The highest BCUT2D eigenvalue weighted by Gasteiger charge is 2.27. The number of carbonyl (C=O) groups is 1. The summed E-state index contributed by atoms with van der Waals surface area (Å²) in [5, 5.41) is 0.884. The minimum Gasteiger partial charge on any atom is -0.444 e. The molecule has 0 aliphatic carbocycles. The van der Waals surface area contributed by atoms with E-state index < -0.39 is 15.6 Å². The van der Waals surface area contributed by atoms with E-state index in [9.17, 15) is 13.2 Å². The van der Waals surface area contributed by atoms with Gasteiger partial charge in [0, 0.05) is 43.4 Å². The van der Waals surface area contributed by atoms with Gasteiger partial charge in [0.05, 0.1) is 11.3 Å². The first kappa shape index (κ1) is 22.2. The van der Waals surface area contributed by atoms with Crippen molar-refractivity contribution < 1.29 is 17.9 Å². The summed E-state index contributed by atoms with van der Waals surface area (Å²) in [5.41, 5.74) is 1.87. The van der Waals surface area contributed by atoms with Crippen molar-refractivity contribution in [2.24, 2.45) is 0 Å². The maximum atomic E-state index is 13.1. The summed E-state index contributed by atoms with van der Waals surface area (Å²) in [6, 6.07) is 16.8. The van der Waals surface area contributed by atoms with E-state index in [1.165, 1.54) is 3.97 Å². The van der Waals surface area contributed by atoms with Gasteiger partial charge in [-0.25, -0.2) is 17.2 Å². The minimum absolute atomic E-state index is 0.0591. The van der Waals surface area contributed by atoms with E-state index in [4.69, 9.17) is 4.74 Å². The number of carbonyl (C=O) groups excluding carboxylic acids is 1. The van der Waals surface area contributed by atoms with Crippen LogP contribution in [0.4, 0.5) is 10.5 Å². The Morgan fingerprint density at radius 3 is 2.28 bits per heavy atom. The summed E-state index contributed by atoms with van der Waals surface area (Å²) in [4.78, 5) is 16.3. The third kappa shape index (κ3) is 4.75. The van der Waals surface area contributed by atoms with Crippen molar-refractivity contribution in [2.75, 3.05) is 31.1 Å². The number of piperazine rings is 1. The zero-order valence-corrected chi connectivity index (χ0v) is 19.5. The Labute approximate surface area is 189 Å². The Balaban J connectivity index is 1.54. The van der Waals surface area contributed by atoms with Crippen LogP contribution >= 0.6 is 0 Å². The van der Waals surface area contributed by atoms with Crippen LogP contribution in [0.1, 0.15) is 26.3 Å². The first-order valence-corrected chi connectivity index (χ1v) is 12.4. The highest BCUT2D eigenvalue weighted by Crippen LogP contribution is 2.30. The molecule has 1 fully saturated rings. The molecule has 8 heteroatoms. The van der Waals surface area contributed by atoms with Gasteiger partial charge in [-0.1, -0.05) is 36.4 Å². The van der Waals surface area contributed by atoms with Crippen LogP contribution in [0.5, 0.6) is 0 Å². The second-order valence-corrected chi connectivity index (χ2v) is 10.9. The minimum atomic E-state index is -3.55. The Hall–Kier alpha value is -3.00. The second kappa shape index (κ2) is 8.50. The number of fused-ring (bicyclic) bond motifs is 1. The summed E-state index contributed by atoms with van der Waals surface area (Å²) in [6.07, 6.45) is 1.33. The Bertz CT molecular complexity index is 1210. The summed E-state index contributed by atoms with van der Waals surface area (Å²) < 4.78 is 33.0. The van der Waals surface area contributed by atoms with Gasteiger partial charge in [0.2, 0.25) is 10.0 Å². The van der Waals surface area contributed by atoms with Crippen molar-refractivity contribution in [3.05, 3.63) is 66.4 Å². The average Bonchev–Trinajstić information content (AvgIpc) is 3.18. The van der Waals surface area contributed by atoms with E-state index in [2.05, 4.69) is 4.90 Å². The lowest BCUT2D eigenvalue weighted by atomic mass is 10.1. The largest absolute Gasteiger partial charge is 0.444 e. The second-order valence-electron chi connectivity index (χ2n) is 9.02. The number of aromatic nitrogens is 1. The lowest BCUT2D eigenvalue weighted by molar-refractivity contribution is 0.0240. The van der Waals surface area contributed by atoms with Gasteiger partial charge in [-0.2, -0.15) is 0 Å². The molecule has 1 aliphatic rings. The SMILES string of the molecule is CC(C)(C)OC(=O)N1CCN(c2cccc3c2ccn3S(=O)(=O)Cc2ccccc2)CC1. The van der Waals surface area contributed by atoms with E-state index in [1.54, 1.807) is 11.1 Å². The van der Waals surface area contributed by atoms with Gasteiger partial charge in [0.25, 0.3) is 0 Å². The van der Waals surface area contributed by atoms with Crippen molar-refractivity contribution in [1.29, 1.82) is 0 Å². The maximum absolute atomic E-state index is 13.1. The Morgan fingerprint density at radius 1 is 0.938 bits per heavy atom. The van der Waals surface area contributed by atoms with Crippen molar-refractivity contribution in [1.82, 2.24) is 8.87 Å². The fourth-order valence-corrected chi connectivity index (χ4v) is 5.41. The molecule has 32 heavy (non-hydrogen) atoms. The van der Waals surface area contributed by atoms with Gasteiger partial charge in [-0.3, -0.25) is 0 Å². The van der Waals surface area contributed by atoms with E-state index in [0.29, 0.717) is 31.7 Å². The van der Waals surface area contributed by atoms with Gasteiger partial charge in [-0.05, 0) is 44.5 Å². The highest BCUT2D eigenvalue weighted by molar-refractivity contribution is 7.89.